The first-order chi connectivity index (χ1) is 13.0. The lowest BCUT2D eigenvalue weighted by molar-refractivity contribution is -0.158. The summed E-state index contributed by atoms with van der Waals surface area (Å²) in [6.45, 7) is -0.211. The Balaban J connectivity index is 2.26. The van der Waals surface area contributed by atoms with Gasteiger partial charge in [-0.05, 0) is 24.0 Å². The highest BCUT2D eigenvalue weighted by Gasteiger charge is 2.34. The molecule has 0 aliphatic heterocycles. The van der Waals surface area contributed by atoms with Crippen LogP contribution in [0.2, 0.25) is 0 Å². The van der Waals surface area contributed by atoms with Crippen molar-refractivity contribution in [2.75, 3.05) is 6.61 Å². The highest BCUT2D eigenvalue weighted by molar-refractivity contribution is 6.00. The zero-order valence-electron chi connectivity index (χ0n) is 15.0. The van der Waals surface area contributed by atoms with E-state index in [2.05, 4.69) is 0 Å². The molecule has 0 heterocycles. The van der Waals surface area contributed by atoms with E-state index in [1.54, 1.807) is 48.5 Å². The van der Waals surface area contributed by atoms with Crippen molar-refractivity contribution in [3.8, 4) is 0 Å². The number of rotatable bonds is 9. The number of benzene rings is 2. The molecule has 27 heavy (non-hydrogen) atoms. The van der Waals surface area contributed by atoms with Crippen molar-refractivity contribution in [2.24, 2.45) is 0 Å². The normalized spacial score (nSPS) is 11.6. The van der Waals surface area contributed by atoms with Crippen LogP contribution in [0.15, 0.2) is 60.7 Å². The Labute approximate surface area is 158 Å². The molecule has 2 amide bonds. The maximum Gasteiger partial charge on any atom is 0.326 e. The van der Waals surface area contributed by atoms with Gasteiger partial charge in [0, 0.05) is 6.61 Å². The van der Waals surface area contributed by atoms with E-state index >= 15 is 0 Å². The minimum Gasteiger partial charge on any atom is -0.480 e. The number of carbonyl (C=O) groups excluding carboxylic acids is 2. The summed E-state index contributed by atoms with van der Waals surface area (Å²) in [5.74, 6) is -2.38. The Kier molecular flexibility index (Phi) is 7.70. The molecule has 2 rings (SSSR count). The van der Waals surface area contributed by atoms with Crippen LogP contribution in [0, 0.1) is 0 Å². The van der Waals surface area contributed by atoms with Crippen molar-refractivity contribution in [3.63, 3.8) is 0 Å². The van der Waals surface area contributed by atoms with Gasteiger partial charge in [0.05, 0.1) is 12.8 Å². The molecule has 0 unspecified atom stereocenters. The zero-order valence-corrected chi connectivity index (χ0v) is 15.0. The second kappa shape index (κ2) is 10.2. The molecule has 2 aromatic rings. The van der Waals surface area contributed by atoms with E-state index in [1.807, 2.05) is 12.1 Å². The standard InChI is InChI=1S/C21H23NO5/c23-13-7-12-18(21(26)27)22(19(24)14-16-8-3-1-4-9-16)20(25)15-17-10-5-2-6-11-17/h1-6,8-11,18,23H,7,12-15H2,(H,26,27)/t18-/m1/s1. The fourth-order valence-electron chi connectivity index (χ4n) is 2.85. The summed E-state index contributed by atoms with van der Waals surface area (Å²) < 4.78 is 0. The van der Waals surface area contributed by atoms with E-state index < -0.39 is 23.8 Å². The number of nitrogens with zero attached hydrogens (tertiary/aromatic N) is 1. The first kappa shape index (κ1) is 20.3. The number of imide groups is 1. The summed E-state index contributed by atoms with van der Waals surface area (Å²) in [6, 6.07) is 16.4. The van der Waals surface area contributed by atoms with Crippen molar-refractivity contribution in [1.82, 2.24) is 4.90 Å². The minimum atomic E-state index is -1.30. The number of aliphatic hydroxyl groups excluding tert-OH is 1. The third-order valence-electron chi connectivity index (χ3n) is 4.17. The summed E-state index contributed by atoms with van der Waals surface area (Å²) in [6.07, 6.45) is 0.0616. The van der Waals surface area contributed by atoms with Gasteiger partial charge in [0.15, 0.2) is 0 Å². The van der Waals surface area contributed by atoms with E-state index in [1.165, 1.54) is 0 Å². The summed E-state index contributed by atoms with van der Waals surface area (Å²) in [4.78, 5) is 38.2. The molecule has 0 saturated heterocycles. The highest BCUT2D eigenvalue weighted by Crippen LogP contribution is 2.14. The number of hydrogen-bond donors (Lipinski definition) is 2. The van der Waals surface area contributed by atoms with Crippen molar-refractivity contribution in [3.05, 3.63) is 71.8 Å². The maximum atomic E-state index is 12.8. The molecule has 142 valence electrons. The number of aliphatic hydroxyl groups is 1. The molecule has 0 radical (unpaired) electrons. The van der Waals surface area contributed by atoms with Gasteiger partial charge in [-0.3, -0.25) is 14.5 Å². The molecule has 1 atom stereocenters. The number of aliphatic carboxylic acids is 1. The summed E-state index contributed by atoms with van der Waals surface area (Å²) in [5.41, 5.74) is 1.40. The topological polar surface area (TPSA) is 94.9 Å². The molecule has 0 spiro atoms. The van der Waals surface area contributed by atoms with E-state index in [4.69, 9.17) is 5.11 Å². The molecule has 0 bridgehead atoms. The Morgan fingerprint density at radius 2 is 1.26 bits per heavy atom. The molecule has 2 aromatic carbocycles. The molecule has 0 saturated carbocycles. The quantitative estimate of drug-likeness (QED) is 0.705. The van der Waals surface area contributed by atoms with Gasteiger partial charge in [-0.2, -0.15) is 0 Å². The number of carbonyl (C=O) groups is 3. The molecule has 0 fully saturated rings. The number of hydrogen-bond acceptors (Lipinski definition) is 4. The average molecular weight is 369 g/mol. The first-order valence-electron chi connectivity index (χ1n) is 8.79. The van der Waals surface area contributed by atoms with Crippen LogP contribution < -0.4 is 0 Å². The van der Waals surface area contributed by atoms with Gasteiger partial charge in [-0.1, -0.05) is 60.7 Å². The lowest BCUT2D eigenvalue weighted by atomic mass is 10.0. The summed E-state index contributed by atoms with van der Waals surface area (Å²) >= 11 is 0. The molecule has 6 nitrogen and oxygen atoms in total. The lowest BCUT2D eigenvalue weighted by Gasteiger charge is -2.27. The first-order valence-corrected chi connectivity index (χ1v) is 8.79. The Hall–Kier alpha value is -2.99. The van der Waals surface area contributed by atoms with Crippen LogP contribution in [0.5, 0.6) is 0 Å². The summed E-state index contributed by atoms with van der Waals surface area (Å²) in [7, 11) is 0. The predicted molar refractivity (Wildman–Crippen MR) is 99.9 cm³/mol. The van der Waals surface area contributed by atoms with E-state index in [-0.39, 0.29) is 32.3 Å². The second-order valence-corrected chi connectivity index (χ2v) is 6.20. The number of amides is 2. The Morgan fingerprint density at radius 3 is 1.63 bits per heavy atom. The Morgan fingerprint density at radius 1 is 0.815 bits per heavy atom. The maximum absolute atomic E-state index is 12.8. The number of carboxylic acid groups (broad SMARTS) is 1. The van der Waals surface area contributed by atoms with Crippen LogP contribution in [-0.4, -0.2) is 45.5 Å². The smallest absolute Gasteiger partial charge is 0.326 e. The van der Waals surface area contributed by atoms with Crippen molar-refractivity contribution >= 4 is 17.8 Å². The SMILES string of the molecule is O=C(O)[C@@H](CCCO)N(C(=O)Cc1ccccc1)C(=O)Cc1ccccc1. The molecule has 0 aromatic heterocycles. The van der Waals surface area contributed by atoms with Crippen LogP contribution in [0.3, 0.4) is 0 Å². The van der Waals surface area contributed by atoms with Gasteiger partial charge in [0.1, 0.15) is 6.04 Å². The van der Waals surface area contributed by atoms with E-state index in [0.29, 0.717) is 11.1 Å². The molecule has 0 aliphatic rings. The van der Waals surface area contributed by atoms with Crippen LogP contribution in [-0.2, 0) is 27.2 Å². The fraction of sp³-hybridized carbons (Fsp3) is 0.286. The number of carboxylic acids is 1. The monoisotopic (exact) mass is 369 g/mol. The van der Waals surface area contributed by atoms with Gasteiger partial charge < -0.3 is 10.2 Å². The Bertz CT molecular complexity index is 707. The summed E-state index contributed by atoms with van der Waals surface area (Å²) in [5, 5.41) is 18.6. The molecule has 6 heteroatoms. The largest absolute Gasteiger partial charge is 0.480 e. The molecular formula is C21H23NO5. The molecule has 0 aliphatic carbocycles. The van der Waals surface area contributed by atoms with E-state index in [0.717, 1.165) is 4.90 Å². The van der Waals surface area contributed by atoms with Gasteiger partial charge in [0.2, 0.25) is 11.8 Å². The van der Waals surface area contributed by atoms with Crippen LogP contribution in [0.1, 0.15) is 24.0 Å². The van der Waals surface area contributed by atoms with Crippen LogP contribution in [0.4, 0.5) is 0 Å². The second-order valence-electron chi connectivity index (χ2n) is 6.20. The fourth-order valence-corrected chi connectivity index (χ4v) is 2.85. The molecular weight excluding hydrogens is 346 g/mol. The van der Waals surface area contributed by atoms with Gasteiger partial charge in [-0.15, -0.1) is 0 Å². The molecule has 2 N–H and O–H groups in total. The van der Waals surface area contributed by atoms with E-state index in [9.17, 15) is 19.5 Å². The zero-order chi connectivity index (χ0) is 19.6. The van der Waals surface area contributed by atoms with Crippen LogP contribution in [0.25, 0.3) is 0 Å². The third-order valence-corrected chi connectivity index (χ3v) is 4.17. The van der Waals surface area contributed by atoms with Crippen LogP contribution >= 0.6 is 0 Å². The van der Waals surface area contributed by atoms with Gasteiger partial charge in [0.25, 0.3) is 0 Å². The van der Waals surface area contributed by atoms with Crippen molar-refractivity contribution in [1.29, 1.82) is 0 Å². The minimum absolute atomic E-state index is 0.00684. The van der Waals surface area contributed by atoms with Gasteiger partial charge >= 0.3 is 5.97 Å². The third kappa shape index (κ3) is 6.04. The lowest BCUT2D eigenvalue weighted by Crippen LogP contribution is -2.50. The van der Waals surface area contributed by atoms with Crippen molar-refractivity contribution in [2.45, 2.75) is 31.7 Å². The van der Waals surface area contributed by atoms with Gasteiger partial charge in [-0.25, -0.2) is 4.79 Å². The van der Waals surface area contributed by atoms with Crippen molar-refractivity contribution < 1.29 is 24.6 Å². The highest BCUT2D eigenvalue weighted by atomic mass is 16.4. The predicted octanol–water partition coefficient (Wildman–Crippen LogP) is 2.05. The average Bonchev–Trinajstić information content (AvgIpc) is 2.66.